The summed E-state index contributed by atoms with van der Waals surface area (Å²) in [6.07, 6.45) is 1.37. The van der Waals surface area contributed by atoms with E-state index < -0.39 is 12.4 Å². The fraction of sp³-hybridized carbons (Fsp3) is 0.0909. The van der Waals surface area contributed by atoms with Gasteiger partial charge in [0.2, 0.25) is 0 Å². The molecule has 0 unspecified atom stereocenters. The van der Waals surface area contributed by atoms with E-state index in [0.717, 1.165) is 18.2 Å². The fourth-order valence-electron chi connectivity index (χ4n) is 1.33. The van der Waals surface area contributed by atoms with Gasteiger partial charge in [-0.2, -0.15) is 8.78 Å². The molecule has 0 aliphatic rings. The first-order valence-corrected chi connectivity index (χ1v) is 4.45. The van der Waals surface area contributed by atoms with E-state index in [1.807, 2.05) is 0 Å². The molecule has 1 aromatic heterocycles. The molecule has 0 aliphatic carbocycles. The average Bonchev–Trinajstić information content (AvgIpc) is 2.73. The van der Waals surface area contributed by atoms with Crippen LogP contribution in [-0.2, 0) is 0 Å². The van der Waals surface area contributed by atoms with Crippen molar-refractivity contribution < 1.29 is 22.3 Å². The second-order valence-corrected chi connectivity index (χ2v) is 3.00. The topological polar surface area (TPSA) is 22.4 Å². The van der Waals surface area contributed by atoms with Crippen molar-refractivity contribution in [2.75, 3.05) is 0 Å². The second-order valence-electron chi connectivity index (χ2n) is 3.00. The molecule has 0 saturated carbocycles. The molecule has 0 spiro atoms. The van der Waals surface area contributed by atoms with Gasteiger partial charge in [0.05, 0.1) is 11.8 Å². The minimum Gasteiger partial charge on any atom is -0.464 e. The molecule has 1 aromatic carbocycles. The summed E-state index contributed by atoms with van der Waals surface area (Å²) in [5, 5.41) is 0. The number of halogens is 3. The first kappa shape index (κ1) is 10.6. The van der Waals surface area contributed by atoms with Crippen LogP contribution in [0.4, 0.5) is 13.2 Å². The predicted molar refractivity (Wildman–Crippen MR) is 50.7 cm³/mol. The molecular weight excluding hydrogens is 221 g/mol. The molecule has 0 aliphatic heterocycles. The van der Waals surface area contributed by atoms with E-state index in [9.17, 15) is 13.2 Å². The normalized spacial score (nSPS) is 10.8. The van der Waals surface area contributed by atoms with Crippen molar-refractivity contribution in [1.29, 1.82) is 0 Å². The van der Waals surface area contributed by atoms with Crippen molar-refractivity contribution in [1.82, 2.24) is 0 Å². The molecule has 84 valence electrons. The summed E-state index contributed by atoms with van der Waals surface area (Å²) < 4.78 is 46.5. The van der Waals surface area contributed by atoms with E-state index in [0.29, 0.717) is 0 Å². The number of furan rings is 1. The molecule has 5 heteroatoms. The highest BCUT2D eigenvalue weighted by Crippen LogP contribution is 2.31. The van der Waals surface area contributed by atoms with Crippen LogP contribution < -0.4 is 4.74 Å². The fourth-order valence-corrected chi connectivity index (χ4v) is 1.33. The Bertz CT molecular complexity index is 466. The van der Waals surface area contributed by atoms with Crippen LogP contribution in [0.3, 0.4) is 0 Å². The predicted octanol–water partition coefficient (Wildman–Crippen LogP) is 3.69. The Kier molecular flexibility index (Phi) is 2.85. The quantitative estimate of drug-likeness (QED) is 0.799. The molecule has 0 atom stereocenters. The third-order valence-electron chi connectivity index (χ3n) is 1.94. The molecule has 16 heavy (non-hydrogen) atoms. The van der Waals surface area contributed by atoms with E-state index in [1.54, 1.807) is 6.07 Å². The van der Waals surface area contributed by atoms with Crippen molar-refractivity contribution in [3.63, 3.8) is 0 Å². The van der Waals surface area contributed by atoms with Gasteiger partial charge in [-0.25, -0.2) is 4.39 Å². The monoisotopic (exact) mass is 228 g/mol. The molecule has 1 heterocycles. The Morgan fingerprint density at radius 3 is 2.62 bits per heavy atom. The number of alkyl halides is 2. The largest absolute Gasteiger partial charge is 0.464 e. The van der Waals surface area contributed by atoms with E-state index in [2.05, 4.69) is 4.74 Å². The maximum Gasteiger partial charge on any atom is 0.387 e. The zero-order valence-corrected chi connectivity index (χ0v) is 7.99. The summed E-state index contributed by atoms with van der Waals surface area (Å²) in [7, 11) is 0. The molecule has 0 N–H and O–H groups in total. The SMILES string of the molecule is Fc1ccc(OC(F)F)c(-c2ccco2)c1. The lowest BCUT2D eigenvalue weighted by Crippen LogP contribution is -2.03. The van der Waals surface area contributed by atoms with Gasteiger partial charge >= 0.3 is 6.61 Å². The molecule has 2 nitrogen and oxygen atoms in total. The number of benzene rings is 1. The summed E-state index contributed by atoms with van der Waals surface area (Å²) in [6.45, 7) is -2.96. The third-order valence-corrected chi connectivity index (χ3v) is 1.94. The second kappa shape index (κ2) is 4.30. The van der Waals surface area contributed by atoms with Gasteiger partial charge in [-0.1, -0.05) is 0 Å². The number of hydrogen-bond acceptors (Lipinski definition) is 2. The van der Waals surface area contributed by atoms with Gasteiger partial charge in [-0.15, -0.1) is 0 Å². The molecule has 0 saturated heterocycles. The van der Waals surface area contributed by atoms with Crippen LogP contribution in [0.5, 0.6) is 5.75 Å². The standard InChI is InChI=1S/C11H7F3O2/c12-7-3-4-10(16-11(13)14)8(6-7)9-2-1-5-15-9/h1-6,11H. The summed E-state index contributed by atoms with van der Waals surface area (Å²) in [6, 6.07) is 6.37. The van der Waals surface area contributed by atoms with Gasteiger partial charge in [-0.05, 0) is 30.3 Å². The minimum absolute atomic E-state index is 0.119. The maximum absolute atomic E-state index is 13.0. The van der Waals surface area contributed by atoms with Crippen LogP contribution in [0.1, 0.15) is 0 Å². The number of ether oxygens (including phenoxy) is 1. The van der Waals surface area contributed by atoms with Crippen LogP contribution >= 0.6 is 0 Å². The van der Waals surface area contributed by atoms with Crippen LogP contribution in [0, 0.1) is 5.82 Å². The smallest absolute Gasteiger partial charge is 0.387 e. The van der Waals surface area contributed by atoms with Gasteiger partial charge in [0.1, 0.15) is 17.3 Å². The highest BCUT2D eigenvalue weighted by Gasteiger charge is 2.13. The van der Waals surface area contributed by atoms with Crippen LogP contribution in [-0.4, -0.2) is 6.61 Å². The Morgan fingerprint density at radius 1 is 1.19 bits per heavy atom. The van der Waals surface area contributed by atoms with Crippen molar-refractivity contribution in [3.8, 4) is 17.1 Å². The highest BCUT2D eigenvalue weighted by molar-refractivity contribution is 5.65. The summed E-state index contributed by atoms with van der Waals surface area (Å²) in [5.74, 6) is -0.394. The van der Waals surface area contributed by atoms with Gasteiger partial charge < -0.3 is 9.15 Å². The highest BCUT2D eigenvalue weighted by atomic mass is 19.3. The van der Waals surface area contributed by atoms with Gasteiger partial charge in [0.15, 0.2) is 0 Å². The van der Waals surface area contributed by atoms with Crippen LogP contribution in [0.15, 0.2) is 41.0 Å². The Hall–Kier alpha value is -1.91. The lowest BCUT2D eigenvalue weighted by molar-refractivity contribution is -0.0495. The molecule has 2 rings (SSSR count). The van der Waals surface area contributed by atoms with E-state index in [1.165, 1.54) is 12.3 Å². The minimum atomic E-state index is -2.96. The van der Waals surface area contributed by atoms with E-state index in [4.69, 9.17) is 4.42 Å². The molecule has 0 radical (unpaired) electrons. The van der Waals surface area contributed by atoms with Crippen molar-refractivity contribution in [3.05, 3.63) is 42.4 Å². The average molecular weight is 228 g/mol. The molecule has 0 amide bonds. The first-order chi connectivity index (χ1) is 7.66. The zero-order chi connectivity index (χ0) is 11.5. The van der Waals surface area contributed by atoms with Crippen molar-refractivity contribution in [2.24, 2.45) is 0 Å². The molecule has 2 aromatic rings. The maximum atomic E-state index is 13.0. The number of hydrogen-bond donors (Lipinski definition) is 0. The van der Waals surface area contributed by atoms with E-state index in [-0.39, 0.29) is 17.1 Å². The summed E-state index contributed by atoms with van der Waals surface area (Å²) >= 11 is 0. The lowest BCUT2D eigenvalue weighted by atomic mass is 10.1. The Morgan fingerprint density at radius 2 is 2.00 bits per heavy atom. The van der Waals surface area contributed by atoms with Gasteiger partial charge in [0, 0.05) is 0 Å². The van der Waals surface area contributed by atoms with E-state index >= 15 is 0 Å². The molecular formula is C11H7F3O2. The molecule has 0 fully saturated rings. The van der Waals surface area contributed by atoms with Crippen molar-refractivity contribution >= 4 is 0 Å². The summed E-state index contributed by atoms with van der Waals surface area (Å²) in [5.41, 5.74) is 0.158. The first-order valence-electron chi connectivity index (χ1n) is 4.45. The zero-order valence-electron chi connectivity index (χ0n) is 7.99. The van der Waals surface area contributed by atoms with Crippen LogP contribution in [0.2, 0.25) is 0 Å². The van der Waals surface area contributed by atoms with Crippen LogP contribution in [0.25, 0.3) is 11.3 Å². The Balaban J connectivity index is 2.45. The molecule has 0 bridgehead atoms. The van der Waals surface area contributed by atoms with Crippen molar-refractivity contribution in [2.45, 2.75) is 6.61 Å². The number of rotatable bonds is 3. The Labute approximate surface area is 89.3 Å². The lowest BCUT2D eigenvalue weighted by Gasteiger charge is -2.08. The third kappa shape index (κ3) is 2.18. The summed E-state index contributed by atoms with van der Waals surface area (Å²) in [4.78, 5) is 0. The van der Waals surface area contributed by atoms with Gasteiger partial charge in [0.25, 0.3) is 0 Å². The van der Waals surface area contributed by atoms with Gasteiger partial charge in [-0.3, -0.25) is 0 Å².